The maximum atomic E-state index is 6.03. The molecule has 1 atom stereocenters. The topological polar surface area (TPSA) is 83.0 Å². The predicted molar refractivity (Wildman–Crippen MR) is 98.8 cm³/mol. The molecular weight excluding hydrogens is 366 g/mol. The number of hydrogen-bond acceptors (Lipinski definition) is 6. The Labute approximate surface area is 159 Å². The van der Waals surface area contributed by atoms with E-state index in [1.807, 2.05) is 40.4 Å². The number of ether oxygens (including phenoxy) is 1. The fourth-order valence-electron chi connectivity index (χ4n) is 3.41. The fourth-order valence-corrected chi connectivity index (χ4v) is 3.57. The molecule has 8 nitrogen and oxygen atoms in total. The lowest BCUT2D eigenvalue weighted by Crippen LogP contribution is -2.13. The highest BCUT2D eigenvalue weighted by atomic mass is 35.5. The Hall–Kier alpha value is -3.00. The van der Waals surface area contributed by atoms with Gasteiger partial charge in [-0.05, 0) is 25.5 Å². The average Bonchev–Trinajstić information content (AvgIpc) is 3.22. The first-order valence-electron chi connectivity index (χ1n) is 8.67. The highest BCUT2D eigenvalue weighted by Crippen LogP contribution is 2.32. The molecule has 9 heteroatoms. The van der Waals surface area contributed by atoms with Crippen molar-refractivity contribution in [2.24, 2.45) is 0 Å². The number of rotatable bonds is 3. The Bertz CT molecular complexity index is 1140. The van der Waals surface area contributed by atoms with Gasteiger partial charge in [-0.2, -0.15) is 5.10 Å². The normalized spacial score (nSPS) is 16.3. The Kier molecular flexibility index (Phi) is 3.78. The second-order valence-electron chi connectivity index (χ2n) is 6.54. The third-order valence-corrected chi connectivity index (χ3v) is 4.85. The van der Waals surface area contributed by atoms with Gasteiger partial charge < -0.3 is 4.74 Å². The lowest BCUT2D eigenvalue weighted by Gasteiger charge is -2.12. The van der Waals surface area contributed by atoms with Crippen LogP contribution in [0.5, 0.6) is 5.88 Å². The summed E-state index contributed by atoms with van der Waals surface area (Å²) in [5.41, 5.74) is 2.50. The van der Waals surface area contributed by atoms with Crippen molar-refractivity contribution in [3.8, 4) is 17.1 Å². The molecule has 0 bridgehead atoms. The summed E-state index contributed by atoms with van der Waals surface area (Å²) in [7, 11) is 0. The van der Waals surface area contributed by atoms with Gasteiger partial charge in [-0.1, -0.05) is 11.6 Å². The van der Waals surface area contributed by atoms with Crippen LogP contribution in [0, 0.1) is 6.92 Å². The Morgan fingerprint density at radius 1 is 1.30 bits per heavy atom. The zero-order chi connectivity index (χ0) is 18.4. The number of halogens is 1. The number of aromatic nitrogens is 7. The standard InChI is InChI=1S/C18H16ClN7O/c1-11-20-4-2-15(22-11)13-6-16-23-24-18-12(9-25-10-14(19)8-21-25)3-5-27-17(7-13)26(16)18/h2,4,6-8,10,12H,3,5,9H2,1H3. The van der Waals surface area contributed by atoms with E-state index < -0.39 is 0 Å². The monoisotopic (exact) mass is 381 g/mol. The number of pyridine rings is 1. The van der Waals surface area contributed by atoms with Gasteiger partial charge in [-0.25, -0.2) is 14.4 Å². The predicted octanol–water partition coefficient (Wildman–Crippen LogP) is 2.91. The Morgan fingerprint density at radius 2 is 2.22 bits per heavy atom. The third kappa shape index (κ3) is 2.91. The molecule has 0 N–H and O–H groups in total. The minimum Gasteiger partial charge on any atom is -0.478 e. The van der Waals surface area contributed by atoms with E-state index in [1.165, 1.54) is 0 Å². The minimum atomic E-state index is 0.129. The molecule has 5 heterocycles. The molecule has 27 heavy (non-hydrogen) atoms. The molecule has 136 valence electrons. The Balaban J connectivity index is 1.58. The molecule has 0 spiro atoms. The smallest absolute Gasteiger partial charge is 0.201 e. The molecule has 4 aromatic heterocycles. The van der Waals surface area contributed by atoms with Gasteiger partial charge in [0, 0.05) is 29.9 Å². The molecule has 5 rings (SSSR count). The van der Waals surface area contributed by atoms with Crippen LogP contribution in [0.4, 0.5) is 0 Å². The molecule has 1 unspecified atom stereocenters. The van der Waals surface area contributed by atoms with Gasteiger partial charge >= 0.3 is 0 Å². The molecule has 0 aromatic carbocycles. The van der Waals surface area contributed by atoms with Crippen molar-refractivity contribution in [2.45, 2.75) is 25.8 Å². The number of nitrogens with zero attached hydrogens (tertiary/aromatic N) is 7. The van der Waals surface area contributed by atoms with E-state index in [2.05, 4.69) is 25.3 Å². The fraction of sp³-hybridized carbons (Fsp3) is 0.278. The van der Waals surface area contributed by atoms with Crippen LogP contribution in [-0.2, 0) is 6.54 Å². The second-order valence-corrected chi connectivity index (χ2v) is 6.97. The molecule has 0 aliphatic carbocycles. The summed E-state index contributed by atoms with van der Waals surface area (Å²) in [5, 5.41) is 13.7. The second kappa shape index (κ2) is 6.31. The van der Waals surface area contributed by atoms with Crippen molar-refractivity contribution in [1.82, 2.24) is 34.3 Å². The first kappa shape index (κ1) is 16.2. The van der Waals surface area contributed by atoms with E-state index in [-0.39, 0.29) is 5.92 Å². The summed E-state index contributed by atoms with van der Waals surface area (Å²) in [6.45, 7) is 3.13. The quantitative estimate of drug-likeness (QED) is 0.542. The van der Waals surface area contributed by atoms with Crippen LogP contribution in [0.2, 0.25) is 5.02 Å². The molecule has 1 aliphatic heterocycles. The SMILES string of the molecule is Cc1nccc(-c2cc3n4c(nnc4c2)C(Cn2cc(Cl)cn2)CCO3)n1. The largest absolute Gasteiger partial charge is 0.478 e. The van der Waals surface area contributed by atoms with Crippen LogP contribution in [0.3, 0.4) is 0 Å². The summed E-state index contributed by atoms with van der Waals surface area (Å²) in [6.07, 6.45) is 6.01. The number of hydrogen-bond donors (Lipinski definition) is 0. The summed E-state index contributed by atoms with van der Waals surface area (Å²) in [6, 6.07) is 5.83. The average molecular weight is 382 g/mol. The molecule has 0 saturated carbocycles. The van der Waals surface area contributed by atoms with Gasteiger partial charge in [0.15, 0.2) is 5.65 Å². The molecular formula is C18H16ClN7O. The lowest BCUT2D eigenvalue weighted by atomic mass is 10.1. The molecule has 0 saturated heterocycles. The first-order chi connectivity index (χ1) is 13.2. The molecule has 0 amide bonds. The van der Waals surface area contributed by atoms with Crippen molar-refractivity contribution in [1.29, 1.82) is 0 Å². The zero-order valence-electron chi connectivity index (χ0n) is 14.6. The van der Waals surface area contributed by atoms with Crippen LogP contribution >= 0.6 is 11.6 Å². The van der Waals surface area contributed by atoms with Gasteiger partial charge in [0.05, 0.1) is 30.1 Å². The zero-order valence-corrected chi connectivity index (χ0v) is 15.3. The summed E-state index contributed by atoms with van der Waals surface area (Å²) in [5.74, 6) is 2.44. The van der Waals surface area contributed by atoms with E-state index in [1.54, 1.807) is 12.4 Å². The van der Waals surface area contributed by atoms with Gasteiger partial charge in [0.1, 0.15) is 11.6 Å². The molecule has 1 aliphatic rings. The van der Waals surface area contributed by atoms with Gasteiger partial charge in [0.2, 0.25) is 5.88 Å². The van der Waals surface area contributed by atoms with Crippen molar-refractivity contribution in [3.63, 3.8) is 0 Å². The van der Waals surface area contributed by atoms with E-state index in [4.69, 9.17) is 16.3 Å². The summed E-state index contributed by atoms with van der Waals surface area (Å²) in [4.78, 5) is 8.66. The third-order valence-electron chi connectivity index (χ3n) is 4.66. The number of aryl methyl sites for hydroxylation is 1. The van der Waals surface area contributed by atoms with Crippen molar-refractivity contribution < 1.29 is 4.74 Å². The van der Waals surface area contributed by atoms with E-state index >= 15 is 0 Å². The highest BCUT2D eigenvalue weighted by Gasteiger charge is 2.25. The molecule has 4 aromatic rings. The van der Waals surface area contributed by atoms with Gasteiger partial charge in [0.25, 0.3) is 0 Å². The maximum Gasteiger partial charge on any atom is 0.201 e. The van der Waals surface area contributed by atoms with Crippen molar-refractivity contribution >= 4 is 17.2 Å². The molecule has 0 radical (unpaired) electrons. The minimum absolute atomic E-state index is 0.129. The van der Waals surface area contributed by atoms with Crippen molar-refractivity contribution in [3.05, 3.63) is 53.5 Å². The first-order valence-corrected chi connectivity index (χ1v) is 9.05. The maximum absolute atomic E-state index is 6.03. The van der Waals surface area contributed by atoms with Crippen LogP contribution in [0.1, 0.15) is 24.0 Å². The van der Waals surface area contributed by atoms with E-state index in [0.29, 0.717) is 18.2 Å². The van der Waals surface area contributed by atoms with Crippen molar-refractivity contribution in [2.75, 3.05) is 6.61 Å². The van der Waals surface area contributed by atoms with Gasteiger partial charge in [-0.3, -0.25) is 4.68 Å². The lowest BCUT2D eigenvalue weighted by molar-refractivity contribution is 0.291. The van der Waals surface area contributed by atoms with Crippen LogP contribution in [-0.4, -0.2) is 41.0 Å². The highest BCUT2D eigenvalue weighted by molar-refractivity contribution is 6.30. The van der Waals surface area contributed by atoms with Gasteiger partial charge in [-0.15, -0.1) is 10.2 Å². The Morgan fingerprint density at radius 3 is 3.04 bits per heavy atom. The summed E-state index contributed by atoms with van der Waals surface area (Å²) >= 11 is 5.99. The van der Waals surface area contributed by atoms with E-state index in [0.717, 1.165) is 40.9 Å². The van der Waals surface area contributed by atoms with Crippen LogP contribution in [0.25, 0.3) is 16.9 Å². The summed E-state index contributed by atoms with van der Waals surface area (Å²) < 4.78 is 9.83. The van der Waals surface area contributed by atoms with Crippen LogP contribution in [0.15, 0.2) is 36.8 Å². The molecule has 0 fully saturated rings. The van der Waals surface area contributed by atoms with E-state index in [9.17, 15) is 0 Å². The van der Waals surface area contributed by atoms with Crippen LogP contribution < -0.4 is 4.74 Å².